The number of nitrogens with one attached hydrogen (secondary N) is 1. The first kappa shape index (κ1) is 27.0. The second-order valence-electron chi connectivity index (χ2n) is 11.3. The lowest BCUT2D eigenvalue weighted by Crippen LogP contribution is -2.34. The zero-order valence-electron chi connectivity index (χ0n) is 22.6. The van der Waals surface area contributed by atoms with Crippen molar-refractivity contribution >= 4 is 29.0 Å². The second kappa shape index (κ2) is 10.4. The lowest BCUT2D eigenvalue weighted by molar-refractivity contribution is -0.384. The Bertz CT molecular complexity index is 1340. The van der Waals surface area contributed by atoms with Crippen LogP contribution in [0.5, 0.6) is 0 Å². The molecule has 0 unspecified atom stereocenters. The van der Waals surface area contributed by atoms with Crippen molar-refractivity contribution in [2.24, 2.45) is 0 Å². The summed E-state index contributed by atoms with van der Waals surface area (Å²) in [4.78, 5) is 24.9. The molecule has 0 fully saturated rings. The Labute approximate surface area is 223 Å². The van der Waals surface area contributed by atoms with E-state index in [1.165, 1.54) is 34.7 Å². The van der Waals surface area contributed by atoms with Gasteiger partial charge in [0.1, 0.15) is 11.4 Å². The van der Waals surface area contributed by atoms with Crippen LogP contribution in [0.25, 0.3) is 0 Å². The van der Waals surface area contributed by atoms with Crippen molar-refractivity contribution in [1.82, 2.24) is 0 Å². The van der Waals surface area contributed by atoms with Gasteiger partial charge in [0.05, 0.1) is 4.92 Å². The fraction of sp³-hybridized carbons (Fsp3) is 0.433. The largest absolute Gasteiger partial charge is 0.456 e. The molecule has 1 aliphatic rings. The molecular weight excluding hydrogens is 484 g/mol. The molecule has 7 heteroatoms. The number of hydrogen-bond donors (Lipinski definition) is 1. The van der Waals surface area contributed by atoms with E-state index in [9.17, 15) is 14.9 Å². The number of nitro groups is 1. The zero-order valence-corrected chi connectivity index (χ0v) is 23.4. The van der Waals surface area contributed by atoms with E-state index in [0.29, 0.717) is 12.2 Å². The van der Waals surface area contributed by atoms with E-state index >= 15 is 0 Å². The topological polar surface area (TPSA) is 85.4 Å². The van der Waals surface area contributed by atoms with Gasteiger partial charge in [-0.15, -0.1) is 11.8 Å². The molecule has 1 amide bonds. The van der Waals surface area contributed by atoms with Crippen LogP contribution in [0.3, 0.4) is 0 Å². The van der Waals surface area contributed by atoms with Crippen LogP contribution in [0.15, 0.2) is 51.8 Å². The molecule has 1 N–H and O–H groups in total. The summed E-state index contributed by atoms with van der Waals surface area (Å²) in [5.41, 5.74) is 5.50. The smallest absolute Gasteiger partial charge is 0.292 e. The zero-order chi connectivity index (χ0) is 27.0. The molecule has 0 atom stereocenters. The van der Waals surface area contributed by atoms with E-state index in [0.717, 1.165) is 23.5 Å². The van der Waals surface area contributed by atoms with Gasteiger partial charge in [0.15, 0.2) is 5.76 Å². The normalized spacial score (nSPS) is 15.7. The van der Waals surface area contributed by atoms with Crippen molar-refractivity contribution in [3.63, 3.8) is 0 Å². The monoisotopic (exact) mass is 520 g/mol. The number of amides is 1. The quantitative estimate of drug-likeness (QED) is 0.184. The fourth-order valence-electron chi connectivity index (χ4n) is 5.01. The second-order valence-corrected chi connectivity index (χ2v) is 12.4. The van der Waals surface area contributed by atoms with E-state index in [2.05, 4.69) is 59.0 Å². The molecule has 1 heterocycles. The van der Waals surface area contributed by atoms with Crippen LogP contribution in [-0.4, -0.2) is 16.6 Å². The fourth-order valence-corrected chi connectivity index (χ4v) is 5.81. The highest BCUT2D eigenvalue weighted by atomic mass is 32.2. The number of hydrogen-bond acceptors (Lipinski definition) is 5. The van der Waals surface area contributed by atoms with Gasteiger partial charge in [-0.1, -0.05) is 46.8 Å². The Kier molecular flexibility index (Phi) is 7.56. The predicted molar refractivity (Wildman–Crippen MR) is 150 cm³/mol. The molecule has 6 nitrogen and oxygen atoms in total. The lowest BCUT2D eigenvalue weighted by Gasteiger charge is -2.42. The lowest BCUT2D eigenvalue weighted by atomic mass is 9.62. The number of fused-ring (bicyclic) bond motifs is 1. The van der Waals surface area contributed by atoms with Crippen molar-refractivity contribution < 1.29 is 14.1 Å². The van der Waals surface area contributed by atoms with Crippen LogP contribution in [0.2, 0.25) is 0 Å². The number of benzene rings is 2. The molecule has 2 aromatic carbocycles. The van der Waals surface area contributed by atoms with Crippen molar-refractivity contribution in [2.75, 3.05) is 11.1 Å². The molecule has 1 aliphatic carbocycles. The number of thioether (sulfide) groups is 1. The number of carbonyl (C=O) groups is 1. The number of nitrogens with zero attached hydrogens (tertiary/aromatic N) is 1. The summed E-state index contributed by atoms with van der Waals surface area (Å²) in [6, 6.07) is 12.9. The first-order valence-corrected chi connectivity index (χ1v) is 13.9. The van der Waals surface area contributed by atoms with E-state index in [1.807, 2.05) is 6.07 Å². The highest BCUT2D eigenvalue weighted by molar-refractivity contribution is 7.99. The summed E-state index contributed by atoms with van der Waals surface area (Å²) in [7, 11) is 0. The molecule has 0 bridgehead atoms. The Balaban J connectivity index is 1.56. The molecule has 0 aliphatic heterocycles. The molecular formula is C30H36N2O4S. The van der Waals surface area contributed by atoms with Gasteiger partial charge in [-0.25, -0.2) is 0 Å². The SMILES string of the molecule is CCCSc1ccc([N+](=O)[O-])c(NC(=O)c2ccc(Cc3cc4c(cc3C)C(C)(C)CCC4(C)C)o2)c1. The maximum Gasteiger partial charge on any atom is 0.292 e. The van der Waals surface area contributed by atoms with Gasteiger partial charge >= 0.3 is 0 Å². The van der Waals surface area contributed by atoms with Gasteiger partial charge in [0.25, 0.3) is 11.6 Å². The van der Waals surface area contributed by atoms with Crippen molar-refractivity contribution in [3.8, 4) is 0 Å². The average molecular weight is 521 g/mol. The van der Waals surface area contributed by atoms with Gasteiger partial charge in [-0.05, 0) is 89.3 Å². The van der Waals surface area contributed by atoms with E-state index in [4.69, 9.17) is 4.42 Å². The molecule has 0 spiro atoms. The van der Waals surface area contributed by atoms with Crippen LogP contribution in [0.4, 0.5) is 11.4 Å². The van der Waals surface area contributed by atoms with Crippen LogP contribution in [0, 0.1) is 17.0 Å². The molecule has 0 radical (unpaired) electrons. The molecule has 37 heavy (non-hydrogen) atoms. The standard InChI is InChI=1S/C30H36N2O4S/c1-7-14-37-22-9-10-26(32(34)35)25(18-22)31-28(33)27-11-8-21(36-27)16-20-17-24-23(15-19(20)2)29(3,4)12-13-30(24,5)6/h8-11,15,17-18H,7,12-14,16H2,1-6H3,(H,31,33). The average Bonchev–Trinajstić information content (AvgIpc) is 3.30. The molecule has 3 aromatic rings. The van der Waals surface area contributed by atoms with Gasteiger partial charge in [-0.2, -0.15) is 0 Å². The summed E-state index contributed by atoms with van der Waals surface area (Å²) in [5, 5.41) is 14.2. The first-order valence-electron chi connectivity index (χ1n) is 12.9. The third-order valence-corrected chi connectivity index (χ3v) is 8.64. The molecule has 196 valence electrons. The van der Waals surface area contributed by atoms with Crippen molar-refractivity contribution in [2.45, 2.75) is 83.0 Å². The highest BCUT2D eigenvalue weighted by Gasteiger charge is 2.37. The summed E-state index contributed by atoms with van der Waals surface area (Å²) in [5.74, 6) is 1.21. The van der Waals surface area contributed by atoms with Gasteiger partial charge in [0, 0.05) is 17.4 Å². The van der Waals surface area contributed by atoms with E-state index in [1.54, 1.807) is 30.0 Å². The summed E-state index contributed by atoms with van der Waals surface area (Å²) in [6.45, 7) is 13.5. The third kappa shape index (κ3) is 5.77. The maximum absolute atomic E-state index is 13.0. The van der Waals surface area contributed by atoms with Crippen molar-refractivity contribution in [3.05, 3.63) is 86.4 Å². The van der Waals surface area contributed by atoms with E-state index < -0.39 is 10.8 Å². The predicted octanol–water partition coefficient (Wildman–Crippen LogP) is 8.19. The minimum absolute atomic E-state index is 0.111. The number of aryl methyl sites for hydroxylation is 1. The Morgan fingerprint density at radius 3 is 2.38 bits per heavy atom. The molecule has 0 saturated heterocycles. The van der Waals surface area contributed by atoms with Crippen molar-refractivity contribution in [1.29, 1.82) is 0 Å². The highest BCUT2D eigenvalue weighted by Crippen LogP contribution is 2.46. The number of carbonyl (C=O) groups excluding carboxylic acids is 1. The Morgan fingerprint density at radius 1 is 1.05 bits per heavy atom. The molecule has 0 saturated carbocycles. The Hall–Kier alpha value is -3.06. The number of anilines is 1. The van der Waals surface area contributed by atoms with Gasteiger partial charge in [-0.3, -0.25) is 14.9 Å². The summed E-state index contributed by atoms with van der Waals surface area (Å²) >= 11 is 1.60. The Morgan fingerprint density at radius 2 is 1.73 bits per heavy atom. The van der Waals surface area contributed by atoms with E-state index in [-0.39, 0.29) is 28.0 Å². The van der Waals surface area contributed by atoms with Crippen LogP contribution < -0.4 is 5.32 Å². The molecule has 4 rings (SSSR count). The van der Waals surface area contributed by atoms with Gasteiger partial charge < -0.3 is 9.73 Å². The minimum atomic E-state index is -0.503. The van der Waals surface area contributed by atoms with Crippen LogP contribution in [-0.2, 0) is 17.3 Å². The van der Waals surface area contributed by atoms with Gasteiger partial charge in [0.2, 0.25) is 0 Å². The maximum atomic E-state index is 13.0. The summed E-state index contributed by atoms with van der Waals surface area (Å²) in [6.07, 6.45) is 3.87. The third-order valence-electron chi connectivity index (χ3n) is 7.45. The summed E-state index contributed by atoms with van der Waals surface area (Å²) < 4.78 is 5.92. The first-order chi connectivity index (χ1) is 17.4. The molecule has 1 aromatic heterocycles. The number of furan rings is 1. The van der Waals surface area contributed by atoms with Crippen LogP contribution in [0.1, 0.15) is 92.4 Å². The number of rotatable bonds is 8. The number of nitro benzene ring substituents is 1. The minimum Gasteiger partial charge on any atom is -0.456 e. The van der Waals surface area contributed by atoms with Crippen LogP contribution >= 0.6 is 11.8 Å².